The van der Waals surface area contributed by atoms with Gasteiger partial charge in [-0.15, -0.1) is 0 Å². The Labute approximate surface area is 165 Å². The summed E-state index contributed by atoms with van der Waals surface area (Å²) in [5, 5.41) is 3.13. The maximum atomic E-state index is 13.2. The van der Waals surface area contributed by atoms with Gasteiger partial charge < -0.3 is 10.1 Å². The van der Waals surface area contributed by atoms with Crippen molar-refractivity contribution in [3.05, 3.63) is 95.1 Å². The standard InChI is InChI=1S/C25H23NO2/c1-2-28-17-13-11-16(12-14-17)26-25(27)23-15-22-18-7-3-5-9-20(18)24(23)21-10-6-4-8-19(21)22/h3-14,22-24H,2,15H2,1H3,(H,26,27)/t22?,23-,24?/m0/s1. The van der Waals surface area contributed by atoms with Crippen molar-refractivity contribution >= 4 is 11.6 Å². The zero-order valence-corrected chi connectivity index (χ0v) is 15.9. The fourth-order valence-corrected chi connectivity index (χ4v) is 4.93. The van der Waals surface area contributed by atoms with Gasteiger partial charge in [0.1, 0.15) is 5.75 Å². The number of benzene rings is 3. The number of amides is 1. The summed E-state index contributed by atoms with van der Waals surface area (Å²) in [7, 11) is 0. The number of anilines is 1. The number of nitrogens with one attached hydrogen (secondary N) is 1. The molecule has 1 amide bonds. The number of hydrogen-bond donors (Lipinski definition) is 1. The molecule has 0 radical (unpaired) electrons. The van der Waals surface area contributed by atoms with E-state index in [0.717, 1.165) is 17.9 Å². The van der Waals surface area contributed by atoms with Crippen LogP contribution in [0, 0.1) is 5.92 Å². The number of rotatable bonds is 4. The summed E-state index contributed by atoms with van der Waals surface area (Å²) in [6.07, 6.45) is 0.863. The molecule has 0 saturated heterocycles. The maximum absolute atomic E-state index is 13.2. The summed E-state index contributed by atoms with van der Waals surface area (Å²) in [4.78, 5) is 13.2. The van der Waals surface area contributed by atoms with Crippen LogP contribution in [-0.4, -0.2) is 12.5 Å². The van der Waals surface area contributed by atoms with Crippen molar-refractivity contribution in [3.8, 4) is 5.75 Å². The predicted molar refractivity (Wildman–Crippen MR) is 111 cm³/mol. The lowest BCUT2D eigenvalue weighted by Crippen LogP contribution is -2.38. The minimum Gasteiger partial charge on any atom is -0.494 e. The number of ether oxygens (including phenoxy) is 1. The number of fused-ring (bicyclic) bond motifs is 1. The fourth-order valence-electron chi connectivity index (χ4n) is 4.93. The Hall–Kier alpha value is -3.07. The molecule has 2 bridgehead atoms. The van der Waals surface area contributed by atoms with Gasteiger partial charge in [-0.25, -0.2) is 0 Å². The average molecular weight is 369 g/mol. The van der Waals surface area contributed by atoms with Crippen LogP contribution < -0.4 is 10.1 Å². The SMILES string of the molecule is CCOc1ccc(NC(=O)[C@H]2CC3c4ccccc4C2c2ccccc23)cc1. The molecule has 3 nitrogen and oxygen atoms in total. The van der Waals surface area contributed by atoms with Gasteiger partial charge >= 0.3 is 0 Å². The summed E-state index contributed by atoms with van der Waals surface area (Å²) in [6, 6.07) is 24.8. The highest BCUT2D eigenvalue weighted by atomic mass is 16.5. The molecule has 3 aromatic carbocycles. The first-order valence-electron chi connectivity index (χ1n) is 9.97. The van der Waals surface area contributed by atoms with Gasteiger partial charge in [0.25, 0.3) is 0 Å². The van der Waals surface area contributed by atoms with Crippen molar-refractivity contribution in [1.82, 2.24) is 0 Å². The van der Waals surface area contributed by atoms with Crippen LogP contribution in [0.15, 0.2) is 72.8 Å². The smallest absolute Gasteiger partial charge is 0.228 e. The highest BCUT2D eigenvalue weighted by Crippen LogP contribution is 2.55. The van der Waals surface area contributed by atoms with Crippen LogP contribution in [0.1, 0.15) is 47.4 Å². The molecule has 3 aromatic rings. The predicted octanol–water partition coefficient (Wildman–Crippen LogP) is 5.32. The molecule has 0 unspecified atom stereocenters. The van der Waals surface area contributed by atoms with Gasteiger partial charge in [-0.05, 0) is 59.9 Å². The van der Waals surface area contributed by atoms with Crippen LogP contribution in [0.5, 0.6) is 5.75 Å². The normalized spacial score (nSPS) is 21.5. The maximum Gasteiger partial charge on any atom is 0.228 e. The molecule has 140 valence electrons. The summed E-state index contributed by atoms with van der Waals surface area (Å²) >= 11 is 0. The van der Waals surface area contributed by atoms with Gasteiger partial charge in [-0.3, -0.25) is 4.79 Å². The van der Waals surface area contributed by atoms with E-state index in [2.05, 4.69) is 53.8 Å². The van der Waals surface area contributed by atoms with E-state index >= 15 is 0 Å². The molecule has 0 aliphatic heterocycles. The molecule has 3 aliphatic carbocycles. The molecule has 6 rings (SSSR count). The average Bonchev–Trinajstić information content (AvgIpc) is 2.75. The van der Waals surface area contributed by atoms with Crippen molar-refractivity contribution < 1.29 is 9.53 Å². The molecule has 1 N–H and O–H groups in total. The van der Waals surface area contributed by atoms with Gasteiger partial charge in [0.15, 0.2) is 0 Å². The van der Waals surface area contributed by atoms with Crippen molar-refractivity contribution in [2.24, 2.45) is 5.92 Å². The second kappa shape index (κ2) is 6.83. The molecule has 1 atom stereocenters. The number of carbonyl (C=O) groups excluding carboxylic acids is 1. The van der Waals surface area contributed by atoms with Crippen LogP contribution in [0.2, 0.25) is 0 Å². The largest absolute Gasteiger partial charge is 0.494 e. The van der Waals surface area contributed by atoms with Crippen LogP contribution in [0.25, 0.3) is 0 Å². The Morgan fingerprint density at radius 1 is 0.893 bits per heavy atom. The molecule has 28 heavy (non-hydrogen) atoms. The molecular formula is C25H23NO2. The zero-order valence-electron chi connectivity index (χ0n) is 15.9. The summed E-state index contributed by atoms with van der Waals surface area (Å²) in [5.74, 6) is 1.29. The molecule has 0 spiro atoms. The van der Waals surface area contributed by atoms with Crippen LogP contribution in [0.4, 0.5) is 5.69 Å². The fraction of sp³-hybridized carbons (Fsp3) is 0.240. The monoisotopic (exact) mass is 369 g/mol. The summed E-state index contributed by atoms with van der Waals surface area (Å²) < 4.78 is 5.49. The van der Waals surface area contributed by atoms with E-state index in [1.165, 1.54) is 22.3 Å². The van der Waals surface area contributed by atoms with Gasteiger partial charge in [0.05, 0.1) is 12.5 Å². The Bertz CT molecular complexity index is 977. The van der Waals surface area contributed by atoms with E-state index in [0.29, 0.717) is 12.5 Å². The molecule has 0 aromatic heterocycles. The highest BCUT2D eigenvalue weighted by Gasteiger charge is 2.45. The third-order valence-corrected chi connectivity index (χ3v) is 6.07. The molecular weight excluding hydrogens is 346 g/mol. The van der Waals surface area contributed by atoms with Gasteiger partial charge in [-0.1, -0.05) is 48.5 Å². The molecule has 0 fully saturated rings. The summed E-state index contributed by atoms with van der Waals surface area (Å²) in [5.41, 5.74) is 6.21. The van der Waals surface area contributed by atoms with E-state index in [1.807, 2.05) is 31.2 Å². The van der Waals surface area contributed by atoms with E-state index in [4.69, 9.17) is 4.74 Å². The molecule has 3 aliphatic rings. The zero-order chi connectivity index (χ0) is 19.1. The lowest BCUT2D eigenvalue weighted by molar-refractivity contribution is -0.121. The summed E-state index contributed by atoms with van der Waals surface area (Å²) in [6.45, 7) is 2.60. The van der Waals surface area contributed by atoms with Gasteiger partial charge in [-0.2, -0.15) is 0 Å². The molecule has 3 heteroatoms. The Kier molecular flexibility index (Phi) is 4.16. The lowest BCUT2D eigenvalue weighted by Gasteiger charge is -2.44. The third-order valence-electron chi connectivity index (χ3n) is 6.07. The number of carbonyl (C=O) groups is 1. The van der Waals surface area contributed by atoms with E-state index in [9.17, 15) is 4.79 Å². The van der Waals surface area contributed by atoms with E-state index in [-0.39, 0.29) is 17.7 Å². The minimum atomic E-state index is -0.0543. The number of hydrogen-bond acceptors (Lipinski definition) is 2. The Morgan fingerprint density at radius 2 is 1.46 bits per heavy atom. The Morgan fingerprint density at radius 3 is 2.04 bits per heavy atom. The van der Waals surface area contributed by atoms with Crippen molar-refractivity contribution in [2.45, 2.75) is 25.2 Å². The second-order valence-electron chi connectivity index (χ2n) is 7.58. The van der Waals surface area contributed by atoms with Crippen LogP contribution in [0.3, 0.4) is 0 Å². The topological polar surface area (TPSA) is 38.3 Å². The second-order valence-corrected chi connectivity index (χ2v) is 7.58. The van der Waals surface area contributed by atoms with Crippen LogP contribution in [-0.2, 0) is 4.79 Å². The first-order chi connectivity index (χ1) is 13.8. The molecule has 0 saturated carbocycles. The van der Waals surface area contributed by atoms with E-state index in [1.54, 1.807) is 0 Å². The molecule has 0 heterocycles. The van der Waals surface area contributed by atoms with Crippen molar-refractivity contribution in [3.63, 3.8) is 0 Å². The van der Waals surface area contributed by atoms with Gasteiger partial charge in [0.2, 0.25) is 5.91 Å². The first kappa shape index (κ1) is 17.1. The lowest BCUT2D eigenvalue weighted by atomic mass is 9.59. The third kappa shape index (κ3) is 2.70. The van der Waals surface area contributed by atoms with Crippen LogP contribution >= 0.6 is 0 Å². The van der Waals surface area contributed by atoms with Gasteiger partial charge in [0, 0.05) is 17.5 Å². The highest BCUT2D eigenvalue weighted by molar-refractivity contribution is 5.94. The van der Waals surface area contributed by atoms with Crippen molar-refractivity contribution in [2.75, 3.05) is 11.9 Å². The van der Waals surface area contributed by atoms with E-state index < -0.39 is 0 Å². The minimum absolute atomic E-state index is 0.0543. The Balaban J connectivity index is 1.46. The first-order valence-corrected chi connectivity index (χ1v) is 9.97. The quantitative estimate of drug-likeness (QED) is 0.676. The van der Waals surface area contributed by atoms with Crippen molar-refractivity contribution in [1.29, 1.82) is 0 Å².